The van der Waals surface area contributed by atoms with E-state index < -0.39 is 23.2 Å². The molecule has 8 heteroatoms. The van der Waals surface area contributed by atoms with Crippen LogP contribution >= 0.6 is 0 Å². The summed E-state index contributed by atoms with van der Waals surface area (Å²) < 4.78 is 38.8. The first-order chi connectivity index (χ1) is 11.2. The predicted octanol–water partition coefficient (Wildman–Crippen LogP) is 1.64. The van der Waals surface area contributed by atoms with E-state index in [1.165, 1.54) is 12.1 Å². The highest BCUT2D eigenvalue weighted by Crippen LogP contribution is 2.31. The number of alkyl halides is 3. The van der Waals surface area contributed by atoms with Crippen LogP contribution in [-0.4, -0.2) is 48.4 Å². The van der Waals surface area contributed by atoms with Gasteiger partial charge in [-0.05, 0) is 26.0 Å². The van der Waals surface area contributed by atoms with Crippen molar-refractivity contribution in [2.75, 3.05) is 19.6 Å². The Balaban J connectivity index is 2.02. The normalized spacial score (nSPS) is 21.5. The molecule has 1 aromatic carbocycles. The third kappa shape index (κ3) is 4.05. The van der Waals surface area contributed by atoms with Crippen molar-refractivity contribution in [1.29, 1.82) is 0 Å². The number of amides is 2. The monoisotopic (exact) mass is 343 g/mol. The second kappa shape index (κ2) is 7.21. The zero-order valence-electron chi connectivity index (χ0n) is 13.5. The summed E-state index contributed by atoms with van der Waals surface area (Å²) >= 11 is 0. The van der Waals surface area contributed by atoms with Gasteiger partial charge in [-0.15, -0.1) is 0 Å². The molecule has 0 saturated carbocycles. The van der Waals surface area contributed by atoms with Crippen molar-refractivity contribution >= 4 is 11.8 Å². The molecule has 1 aliphatic rings. The van der Waals surface area contributed by atoms with Crippen molar-refractivity contribution in [1.82, 2.24) is 15.5 Å². The van der Waals surface area contributed by atoms with Crippen LogP contribution in [0.4, 0.5) is 13.2 Å². The van der Waals surface area contributed by atoms with Crippen LogP contribution < -0.4 is 10.6 Å². The molecule has 2 unspecified atom stereocenters. The van der Waals surface area contributed by atoms with Gasteiger partial charge in [0.25, 0.3) is 5.91 Å². The van der Waals surface area contributed by atoms with Crippen LogP contribution in [0.1, 0.15) is 29.8 Å². The van der Waals surface area contributed by atoms with Gasteiger partial charge in [0.15, 0.2) is 0 Å². The lowest BCUT2D eigenvalue weighted by atomic mass is 10.1. The Labute approximate surface area is 138 Å². The summed E-state index contributed by atoms with van der Waals surface area (Å²) in [5.41, 5.74) is -1.50. The molecule has 5 nitrogen and oxygen atoms in total. The lowest BCUT2D eigenvalue weighted by Crippen LogP contribution is -2.58. The average molecular weight is 343 g/mol. The topological polar surface area (TPSA) is 61.4 Å². The van der Waals surface area contributed by atoms with E-state index in [0.29, 0.717) is 13.1 Å². The number of piperazine rings is 1. The number of nitrogens with one attached hydrogen (secondary N) is 2. The molecule has 0 bridgehead atoms. The largest absolute Gasteiger partial charge is 0.417 e. The fourth-order valence-corrected chi connectivity index (χ4v) is 2.69. The minimum absolute atomic E-state index is 0.0504. The smallest absolute Gasteiger partial charge is 0.343 e. The number of benzene rings is 1. The quantitative estimate of drug-likeness (QED) is 0.877. The fourth-order valence-electron chi connectivity index (χ4n) is 2.69. The van der Waals surface area contributed by atoms with E-state index >= 15 is 0 Å². The summed E-state index contributed by atoms with van der Waals surface area (Å²) in [6.07, 6.45) is -4.62. The van der Waals surface area contributed by atoms with E-state index in [-0.39, 0.29) is 24.5 Å². The van der Waals surface area contributed by atoms with Crippen molar-refractivity contribution < 1.29 is 22.8 Å². The SMILES string of the molecule is CC1NCCN(C(=O)CNC(=O)c2ccccc2C(F)(F)F)C1C. The molecule has 2 N–H and O–H groups in total. The Kier molecular flexibility index (Phi) is 5.48. The highest BCUT2D eigenvalue weighted by molar-refractivity contribution is 5.97. The predicted molar refractivity (Wildman–Crippen MR) is 82.4 cm³/mol. The highest BCUT2D eigenvalue weighted by Gasteiger charge is 2.35. The number of halogens is 3. The molecule has 1 fully saturated rings. The maximum absolute atomic E-state index is 12.9. The van der Waals surface area contributed by atoms with E-state index in [2.05, 4.69) is 10.6 Å². The van der Waals surface area contributed by atoms with Crippen molar-refractivity contribution in [2.24, 2.45) is 0 Å². The van der Waals surface area contributed by atoms with Crippen LogP contribution in [0.25, 0.3) is 0 Å². The van der Waals surface area contributed by atoms with E-state index in [9.17, 15) is 22.8 Å². The number of hydrogen-bond donors (Lipinski definition) is 2. The van der Waals surface area contributed by atoms with E-state index in [0.717, 1.165) is 12.1 Å². The van der Waals surface area contributed by atoms with Crippen LogP contribution in [0.3, 0.4) is 0 Å². The van der Waals surface area contributed by atoms with Crippen LogP contribution in [0, 0.1) is 0 Å². The molecule has 0 radical (unpaired) electrons. The molecule has 1 aromatic rings. The van der Waals surface area contributed by atoms with Crippen molar-refractivity contribution in [3.8, 4) is 0 Å². The summed E-state index contributed by atoms with van der Waals surface area (Å²) in [6.45, 7) is 4.64. The molecule has 0 aromatic heterocycles. The molecule has 1 saturated heterocycles. The van der Waals surface area contributed by atoms with Crippen LogP contribution in [0.15, 0.2) is 24.3 Å². The first-order valence-electron chi connectivity index (χ1n) is 7.69. The van der Waals surface area contributed by atoms with Gasteiger partial charge in [0.05, 0.1) is 17.7 Å². The molecular formula is C16H20F3N3O2. The molecule has 2 rings (SSSR count). The van der Waals surface area contributed by atoms with Gasteiger partial charge >= 0.3 is 6.18 Å². The Morgan fingerprint density at radius 1 is 1.29 bits per heavy atom. The molecule has 132 valence electrons. The lowest BCUT2D eigenvalue weighted by molar-refractivity contribution is -0.138. The number of nitrogens with zero attached hydrogens (tertiary/aromatic N) is 1. The van der Waals surface area contributed by atoms with Gasteiger partial charge in [0.1, 0.15) is 0 Å². The van der Waals surface area contributed by atoms with E-state index in [4.69, 9.17) is 0 Å². The number of rotatable bonds is 3. The summed E-state index contributed by atoms with van der Waals surface area (Å²) in [6, 6.07) is 4.57. The molecule has 0 spiro atoms. The molecular weight excluding hydrogens is 323 g/mol. The Morgan fingerprint density at radius 3 is 2.62 bits per heavy atom. The summed E-state index contributed by atoms with van der Waals surface area (Å²) in [5.74, 6) is -1.22. The fraction of sp³-hybridized carbons (Fsp3) is 0.500. The van der Waals surface area contributed by atoms with Gasteiger partial charge in [0, 0.05) is 25.2 Å². The van der Waals surface area contributed by atoms with Crippen molar-refractivity contribution in [2.45, 2.75) is 32.1 Å². The van der Waals surface area contributed by atoms with Crippen LogP contribution in [-0.2, 0) is 11.0 Å². The first kappa shape index (κ1) is 18.3. The lowest BCUT2D eigenvalue weighted by Gasteiger charge is -2.38. The minimum Gasteiger partial charge on any atom is -0.343 e. The van der Waals surface area contributed by atoms with Crippen molar-refractivity contribution in [3.63, 3.8) is 0 Å². The summed E-state index contributed by atoms with van der Waals surface area (Å²) in [7, 11) is 0. The Hall–Kier alpha value is -2.09. The Bertz CT molecular complexity index is 619. The molecule has 24 heavy (non-hydrogen) atoms. The summed E-state index contributed by atoms with van der Waals surface area (Å²) in [4.78, 5) is 25.9. The van der Waals surface area contributed by atoms with E-state index in [1.807, 2.05) is 13.8 Å². The van der Waals surface area contributed by atoms with Gasteiger partial charge in [-0.1, -0.05) is 12.1 Å². The maximum atomic E-state index is 12.9. The Morgan fingerprint density at radius 2 is 1.96 bits per heavy atom. The zero-order valence-corrected chi connectivity index (χ0v) is 13.5. The van der Waals surface area contributed by atoms with Gasteiger partial charge in [0.2, 0.25) is 5.91 Å². The third-order valence-corrected chi connectivity index (χ3v) is 4.23. The minimum atomic E-state index is -4.62. The van der Waals surface area contributed by atoms with Crippen molar-refractivity contribution in [3.05, 3.63) is 35.4 Å². The number of hydrogen-bond acceptors (Lipinski definition) is 3. The third-order valence-electron chi connectivity index (χ3n) is 4.23. The van der Waals surface area contributed by atoms with Gasteiger partial charge in [-0.2, -0.15) is 13.2 Å². The number of carbonyl (C=O) groups excluding carboxylic acids is 2. The number of carbonyl (C=O) groups is 2. The summed E-state index contributed by atoms with van der Waals surface area (Å²) in [5, 5.41) is 5.52. The van der Waals surface area contributed by atoms with Crippen LogP contribution in [0.2, 0.25) is 0 Å². The maximum Gasteiger partial charge on any atom is 0.417 e. The van der Waals surface area contributed by atoms with Gasteiger partial charge < -0.3 is 15.5 Å². The average Bonchev–Trinajstić information content (AvgIpc) is 2.54. The van der Waals surface area contributed by atoms with E-state index in [1.54, 1.807) is 4.90 Å². The second-order valence-electron chi connectivity index (χ2n) is 5.80. The molecule has 0 aliphatic carbocycles. The first-order valence-corrected chi connectivity index (χ1v) is 7.69. The molecule has 2 atom stereocenters. The second-order valence-corrected chi connectivity index (χ2v) is 5.80. The zero-order chi connectivity index (χ0) is 17.9. The highest BCUT2D eigenvalue weighted by atomic mass is 19.4. The standard InChI is InChI=1S/C16H20F3N3O2/c1-10-11(2)22(8-7-20-10)14(23)9-21-15(24)12-5-3-4-6-13(12)16(17,18)19/h3-6,10-11,20H,7-9H2,1-2H3,(H,21,24). The molecule has 1 heterocycles. The molecule has 1 aliphatic heterocycles. The van der Waals surface area contributed by atoms with Gasteiger partial charge in [-0.25, -0.2) is 0 Å². The van der Waals surface area contributed by atoms with Gasteiger partial charge in [-0.3, -0.25) is 9.59 Å². The van der Waals surface area contributed by atoms with Crippen LogP contribution in [0.5, 0.6) is 0 Å². The molecule has 2 amide bonds.